The van der Waals surface area contributed by atoms with Crippen LogP contribution in [0.5, 0.6) is 0 Å². The fourth-order valence-electron chi connectivity index (χ4n) is 2.49. The number of nitrogens with one attached hydrogen (secondary N) is 2. The van der Waals surface area contributed by atoms with Crippen LogP contribution in [0.25, 0.3) is 11.3 Å². The second kappa shape index (κ2) is 7.23. The van der Waals surface area contributed by atoms with Gasteiger partial charge >= 0.3 is 0 Å². The van der Waals surface area contributed by atoms with Gasteiger partial charge in [0.25, 0.3) is 0 Å². The van der Waals surface area contributed by atoms with Crippen molar-refractivity contribution in [1.29, 1.82) is 0 Å². The predicted molar refractivity (Wildman–Crippen MR) is 85.4 cm³/mol. The van der Waals surface area contributed by atoms with Gasteiger partial charge in [-0.25, -0.2) is 13.1 Å². The lowest BCUT2D eigenvalue weighted by Gasteiger charge is -2.24. The largest absolute Gasteiger partial charge is 0.356 e. The predicted octanol–water partition coefficient (Wildman–Crippen LogP) is 1.79. The van der Waals surface area contributed by atoms with Crippen LogP contribution in [0.4, 0.5) is 0 Å². The Hall–Kier alpha value is -1.41. The lowest BCUT2D eigenvalue weighted by molar-refractivity contribution is 0.427. The zero-order chi connectivity index (χ0) is 14.7. The third-order valence-corrected chi connectivity index (χ3v) is 5.08. The van der Waals surface area contributed by atoms with E-state index in [4.69, 9.17) is 4.52 Å². The smallest absolute Gasteiger partial charge is 0.241 e. The van der Waals surface area contributed by atoms with E-state index in [9.17, 15) is 8.42 Å². The first-order valence-corrected chi connectivity index (χ1v) is 8.38. The highest BCUT2D eigenvalue weighted by atomic mass is 35.5. The fraction of sp³-hybridized carbons (Fsp3) is 0.357. The third-order valence-electron chi connectivity index (χ3n) is 3.50. The van der Waals surface area contributed by atoms with Gasteiger partial charge in [0, 0.05) is 24.2 Å². The molecule has 0 spiro atoms. The highest BCUT2D eigenvalue weighted by molar-refractivity contribution is 7.89. The molecule has 1 aliphatic rings. The maximum atomic E-state index is 12.6. The molecule has 120 valence electrons. The van der Waals surface area contributed by atoms with E-state index >= 15 is 0 Å². The molecule has 1 aromatic heterocycles. The van der Waals surface area contributed by atoms with Gasteiger partial charge in [0.15, 0.2) is 5.76 Å². The number of hydrogen-bond acceptors (Lipinski definition) is 5. The molecule has 3 rings (SSSR count). The van der Waals surface area contributed by atoms with Crippen LogP contribution in [0, 0.1) is 0 Å². The number of nitrogens with zero attached hydrogens (tertiary/aromatic N) is 1. The Labute approximate surface area is 135 Å². The summed E-state index contributed by atoms with van der Waals surface area (Å²) in [5.74, 6) is 0.442. The first kappa shape index (κ1) is 17.0. The number of halogens is 1. The van der Waals surface area contributed by atoms with Crippen LogP contribution in [0.1, 0.15) is 12.8 Å². The summed E-state index contributed by atoms with van der Waals surface area (Å²) in [7, 11) is -3.59. The molecule has 0 amide bonds. The van der Waals surface area contributed by atoms with Crippen molar-refractivity contribution >= 4 is 22.4 Å². The van der Waals surface area contributed by atoms with E-state index in [1.807, 2.05) is 0 Å². The number of rotatable bonds is 4. The summed E-state index contributed by atoms with van der Waals surface area (Å²) in [6.07, 6.45) is 3.31. The summed E-state index contributed by atoms with van der Waals surface area (Å²) >= 11 is 0. The van der Waals surface area contributed by atoms with Crippen molar-refractivity contribution < 1.29 is 12.9 Å². The van der Waals surface area contributed by atoms with Crippen LogP contribution < -0.4 is 10.0 Å². The van der Waals surface area contributed by atoms with E-state index in [-0.39, 0.29) is 23.3 Å². The summed E-state index contributed by atoms with van der Waals surface area (Å²) in [6.45, 7) is 1.59. The molecule has 2 N–H and O–H groups in total. The first-order chi connectivity index (χ1) is 10.2. The Balaban J connectivity index is 0.00000176. The molecule has 1 atom stereocenters. The molecule has 1 aromatic carbocycles. The minimum Gasteiger partial charge on any atom is -0.356 e. The molecule has 0 saturated carbocycles. The Bertz CT molecular complexity index is 698. The van der Waals surface area contributed by atoms with E-state index < -0.39 is 10.0 Å². The normalized spacial score (nSPS) is 18.6. The van der Waals surface area contributed by atoms with E-state index in [0.717, 1.165) is 19.4 Å². The summed E-state index contributed by atoms with van der Waals surface area (Å²) in [4.78, 5) is 0.215. The van der Waals surface area contributed by atoms with Gasteiger partial charge in [-0.3, -0.25) is 0 Å². The molecular formula is C14H18ClN3O3S. The highest BCUT2D eigenvalue weighted by Crippen LogP contribution is 2.27. The summed E-state index contributed by atoms with van der Waals surface area (Å²) in [6, 6.07) is 8.35. The molecule has 0 aliphatic carbocycles. The molecule has 1 aliphatic heterocycles. The van der Waals surface area contributed by atoms with Crippen molar-refractivity contribution in [3.05, 3.63) is 36.5 Å². The van der Waals surface area contributed by atoms with Crippen LogP contribution in [-0.4, -0.2) is 32.7 Å². The SMILES string of the molecule is Cl.O=S(=O)(N[C@@H]1CCCNC1)c1ccccc1-c1ccno1. The van der Waals surface area contributed by atoms with Crippen LogP contribution in [0.3, 0.4) is 0 Å². The maximum absolute atomic E-state index is 12.6. The average molecular weight is 344 g/mol. The number of benzene rings is 1. The molecule has 0 bridgehead atoms. The highest BCUT2D eigenvalue weighted by Gasteiger charge is 2.25. The van der Waals surface area contributed by atoms with Crippen LogP contribution in [0.2, 0.25) is 0 Å². The Morgan fingerprint density at radius 2 is 2.09 bits per heavy atom. The average Bonchev–Trinajstić information content (AvgIpc) is 3.02. The van der Waals surface area contributed by atoms with E-state index in [0.29, 0.717) is 17.9 Å². The lowest BCUT2D eigenvalue weighted by atomic mass is 10.1. The monoisotopic (exact) mass is 343 g/mol. The minimum absolute atomic E-state index is 0. The van der Waals surface area contributed by atoms with Crippen LogP contribution in [-0.2, 0) is 10.0 Å². The number of piperidine rings is 1. The molecule has 2 aromatic rings. The molecule has 8 heteroatoms. The summed E-state index contributed by atoms with van der Waals surface area (Å²) in [5.41, 5.74) is 0.520. The first-order valence-electron chi connectivity index (χ1n) is 6.90. The molecule has 0 radical (unpaired) electrons. The van der Waals surface area contributed by atoms with Crippen LogP contribution >= 0.6 is 12.4 Å². The number of aromatic nitrogens is 1. The fourth-order valence-corrected chi connectivity index (χ4v) is 3.98. The van der Waals surface area contributed by atoms with Gasteiger partial charge < -0.3 is 9.84 Å². The number of hydrogen-bond donors (Lipinski definition) is 2. The zero-order valence-corrected chi connectivity index (χ0v) is 13.5. The quantitative estimate of drug-likeness (QED) is 0.884. The van der Waals surface area contributed by atoms with E-state index in [1.54, 1.807) is 30.3 Å². The maximum Gasteiger partial charge on any atom is 0.241 e. The molecule has 1 fully saturated rings. The molecular weight excluding hydrogens is 326 g/mol. The zero-order valence-electron chi connectivity index (χ0n) is 11.9. The van der Waals surface area contributed by atoms with Crippen LogP contribution in [0.15, 0.2) is 45.9 Å². The van der Waals surface area contributed by atoms with Gasteiger partial charge in [0.2, 0.25) is 10.0 Å². The van der Waals surface area contributed by atoms with E-state index in [2.05, 4.69) is 15.2 Å². The van der Waals surface area contributed by atoms with Gasteiger partial charge in [0.1, 0.15) is 0 Å². The van der Waals surface area contributed by atoms with E-state index in [1.165, 1.54) is 6.20 Å². The standard InChI is InChI=1S/C14H17N3O3S.ClH/c18-21(19,17-11-4-3-8-15-10-11)14-6-2-1-5-12(14)13-7-9-16-20-13;/h1-2,5-7,9,11,15,17H,3-4,8,10H2;1H/t11-;/m1./s1. The van der Waals surface area contributed by atoms with Crippen molar-refractivity contribution in [2.45, 2.75) is 23.8 Å². The van der Waals surface area contributed by atoms with Gasteiger partial charge in [-0.15, -0.1) is 12.4 Å². The number of sulfonamides is 1. The van der Waals surface area contributed by atoms with Crippen molar-refractivity contribution in [2.75, 3.05) is 13.1 Å². The van der Waals surface area contributed by atoms with Crippen molar-refractivity contribution in [2.24, 2.45) is 0 Å². The van der Waals surface area contributed by atoms with Gasteiger partial charge in [0.05, 0.1) is 11.1 Å². The molecule has 2 heterocycles. The van der Waals surface area contributed by atoms with Crippen molar-refractivity contribution in [3.8, 4) is 11.3 Å². The second-order valence-electron chi connectivity index (χ2n) is 5.04. The van der Waals surface area contributed by atoms with Crippen molar-refractivity contribution in [1.82, 2.24) is 15.2 Å². The summed E-state index contributed by atoms with van der Waals surface area (Å²) in [5, 5.41) is 6.83. The molecule has 0 unspecified atom stereocenters. The van der Waals surface area contributed by atoms with Gasteiger partial charge in [-0.2, -0.15) is 0 Å². The third kappa shape index (κ3) is 3.67. The van der Waals surface area contributed by atoms with Gasteiger partial charge in [-0.05, 0) is 31.5 Å². The Morgan fingerprint density at radius 1 is 1.27 bits per heavy atom. The summed E-state index contributed by atoms with van der Waals surface area (Å²) < 4.78 is 33.1. The van der Waals surface area contributed by atoms with Crippen molar-refractivity contribution in [3.63, 3.8) is 0 Å². The van der Waals surface area contributed by atoms with Gasteiger partial charge in [-0.1, -0.05) is 17.3 Å². The minimum atomic E-state index is -3.59. The topological polar surface area (TPSA) is 84.2 Å². The second-order valence-corrected chi connectivity index (χ2v) is 6.72. The lowest BCUT2D eigenvalue weighted by Crippen LogP contribution is -2.45. The molecule has 6 nitrogen and oxygen atoms in total. The Kier molecular flexibility index (Phi) is 5.57. The molecule has 1 saturated heterocycles. The Morgan fingerprint density at radius 3 is 2.77 bits per heavy atom. The molecule has 22 heavy (non-hydrogen) atoms.